The summed E-state index contributed by atoms with van der Waals surface area (Å²) in [5, 5.41) is 13.6. The second-order valence-electron chi connectivity index (χ2n) is 9.21. The summed E-state index contributed by atoms with van der Waals surface area (Å²) in [5.41, 5.74) is -2.11. The maximum Gasteiger partial charge on any atom is 0.407 e. The number of esters is 2. The zero-order chi connectivity index (χ0) is 26.3. The van der Waals surface area contributed by atoms with E-state index in [9.17, 15) is 19.2 Å². The number of aliphatic hydroxyl groups is 1. The third kappa shape index (κ3) is 13.1. The number of alkyl carbamates (subject to hydrolysis) is 2. The Morgan fingerprint density at radius 3 is 1.91 bits per heavy atom. The topological polar surface area (TPSA) is 149 Å². The SMILES string of the molecule is CC(C)(C)C(=O)OCCNC(=O)OCC(C)(COC(=O)NCCO)C(=O)OC1CSCCCSC1. The van der Waals surface area contributed by atoms with Gasteiger partial charge in [0.25, 0.3) is 0 Å². The van der Waals surface area contributed by atoms with Crippen molar-refractivity contribution in [3.63, 3.8) is 0 Å². The molecule has 0 bridgehead atoms. The number of hydrogen-bond acceptors (Lipinski definition) is 11. The molecule has 1 heterocycles. The maximum absolute atomic E-state index is 13.0. The summed E-state index contributed by atoms with van der Waals surface area (Å²) in [6.07, 6.45) is -0.854. The van der Waals surface area contributed by atoms with Gasteiger partial charge in [0, 0.05) is 18.1 Å². The summed E-state index contributed by atoms with van der Waals surface area (Å²) >= 11 is 3.42. The molecule has 1 aliphatic heterocycles. The van der Waals surface area contributed by atoms with E-state index < -0.39 is 48.2 Å². The van der Waals surface area contributed by atoms with Crippen molar-refractivity contribution in [1.82, 2.24) is 10.6 Å². The molecule has 1 unspecified atom stereocenters. The molecule has 0 radical (unpaired) electrons. The third-order valence-electron chi connectivity index (χ3n) is 4.59. The summed E-state index contributed by atoms with van der Waals surface area (Å²) in [6.45, 7) is 5.57. The van der Waals surface area contributed by atoms with Crippen LogP contribution < -0.4 is 10.6 Å². The van der Waals surface area contributed by atoms with Gasteiger partial charge in [0.05, 0.1) is 18.6 Å². The lowest BCUT2D eigenvalue weighted by atomic mass is 9.93. The number of carbonyl (C=O) groups excluding carboxylic acids is 4. The van der Waals surface area contributed by atoms with E-state index in [2.05, 4.69) is 10.6 Å². The van der Waals surface area contributed by atoms with Crippen molar-refractivity contribution < 1.29 is 43.2 Å². The van der Waals surface area contributed by atoms with E-state index in [-0.39, 0.29) is 32.4 Å². The Morgan fingerprint density at radius 2 is 1.40 bits per heavy atom. The van der Waals surface area contributed by atoms with Gasteiger partial charge in [-0.1, -0.05) is 0 Å². The molecule has 0 aliphatic carbocycles. The molecule has 13 heteroatoms. The number of nitrogens with one attached hydrogen (secondary N) is 2. The van der Waals surface area contributed by atoms with Crippen LogP contribution in [0.5, 0.6) is 0 Å². The van der Waals surface area contributed by atoms with Crippen molar-refractivity contribution in [3.8, 4) is 0 Å². The van der Waals surface area contributed by atoms with Crippen molar-refractivity contribution in [1.29, 1.82) is 0 Å². The highest BCUT2D eigenvalue weighted by Gasteiger charge is 2.40. The molecule has 1 saturated heterocycles. The van der Waals surface area contributed by atoms with E-state index >= 15 is 0 Å². The van der Waals surface area contributed by atoms with E-state index in [4.69, 9.17) is 24.1 Å². The average Bonchev–Trinajstić information content (AvgIpc) is 2.78. The van der Waals surface area contributed by atoms with Crippen LogP contribution in [0, 0.1) is 10.8 Å². The van der Waals surface area contributed by atoms with Crippen molar-refractivity contribution in [2.45, 2.75) is 40.2 Å². The summed E-state index contributed by atoms with van der Waals surface area (Å²) in [4.78, 5) is 48.7. The summed E-state index contributed by atoms with van der Waals surface area (Å²) < 4.78 is 21.1. The normalized spacial score (nSPS) is 16.6. The van der Waals surface area contributed by atoms with Crippen LogP contribution in [0.3, 0.4) is 0 Å². The van der Waals surface area contributed by atoms with Gasteiger partial charge in [0.15, 0.2) is 0 Å². The molecule has 11 nitrogen and oxygen atoms in total. The monoisotopic (exact) mass is 538 g/mol. The van der Waals surface area contributed by atoms with Gasteiger partial charge < -0.3 is 34.7 Å². The number of rotatable bonds is 11. The highest BCUT2D eigenvalue weighted by molar-refractivity contribution is 8.00. The number of carbonyl (C=O) groups is 4. The van der Waals surface area contributed by atoms with Gasteiger partial charge in [0.2, 0.25) is 0 Å². The van der Waals surface area contributed by atoms with Crippen molar-refractivity contribution in [3.05, 3.63) is 0 Å². The molecule has 35 heavy (non-hydrogen) atoms. The first-order valence-corrected chi connectivity index (χ1v) is 13.7. The Bertz CT molecular complexity index is 695. The Kier molecular flexibility index (Phi) is 14.2. The standard InChI is InChI=1S/C22H38N2O9S2/c1-21(2,3)17(26)30-9-7-24-20(29)32-15-22(4,14-31-19(28)23-6-8-25)18(27)33-16-12-34-10-5-11-35-13-16/h16,25H,5-15H2,1-4H3,(H,23,28)(H,24,29). The minimum Gasteiger partial charge on any atom is -0.463 e. The fourth-order valence-corrected chi connectivity index (χ4v) is 4.74. The molecule has 1 fully saturated rings. The quantitative estimate of drug-likeness (QED) is 0.201. The first-order chi connectivity index (χ1) is 16.5. The van der Waals surface area contributed by atoms with E-state index in [1.165, 1.54) is 6.92 Å². The van der Waals surface area contributed by atoms with Crippen LogP contribution in [-0.4, -0.2) is 97.9 Å². The van der Waals surface area contributed by atoms with Crippen LogP contribution in [0.1, 0.15) is 34.1 Å². The van der Waals surface area contributed by atoms with Gasteiger partial charge in [-0.3, -0.25) is 9.59 Å². The zero-order valence-corrected chi connectivity index (χ0v) is 22.5. The van der Waals surface area contributed by atoms with Gasteiger partial charge >= 0.3 is 24.1 Å². The predicted octanol–water partition coefficient (Wildman–Crippen LogP) is 1.81. The smallest absolute Gasteiger partial charge is 0.407 e. The molecule has 0 saturated carbocycles. The van der Waals surface area contributed by atoms with E-state index in [0.717, 1.165) is 17.9 Å². The average molecular weight is 539 g/mol. The molecule has 2 amide bonds. The molecular formula is C22H38N2O9S2. The molecule has 0 aromatic heterocycles. The van der Waals surface area contributed by atoms with Crippen molar-refractivity contribution in [2.75, 3.05) is 62.5 Å². The summed E-state index contributed by atoms with van der Waals surface area (Å²) in [6, 6.07) is 0. The van der Waals surface area contributed by atoms with Crippen molar-refractivity contribution in [2.24, 2.45) is 10.8 Å². The van der Waals surface area contributed by atoms with Gasteiger partial charge in [0.1, 0.15) is 31.3 Å². The van der Waals surface area contributed by atoms with Crippen LogP contribution in [0.15, 0.2) is 0 Å². The van der Waals surface area contributed by atoms with E-state index in [1.54, 1.807) is 44.3 Å². The molecule has 0 aromatic rings. The second kappa shape index (κ2) is 16.0. The van der Waals surface area contributed by atoms with E-state index in [1.807, 2.05) is 0 Å². The van der Waals surface area contributed by atoms with Gasteiger partial charge in [-0.15, -0.1) is 0 Å². The van der Waals surface area contributed by atoms with Crippen LogP contribution in [-0.2, 0) is 28.5 Å². The molecule has 202 valence electrons. The number of ether oxygens (including phenoxy) is 4. The number of amides is 2. The first kappa shape index (κ1) is 31.2. The lowest BCUT2D eigenvalue weighted by Gasteiger charge is -2.29. The van der Waals surface area contributed by atoms with Crippen LogP contribution in [0.4, 0.5) is 9.59 Å². The molecular weight excluding hydrogens is 500 g/mol. The number of thioether (sulfide) groups is 2. The minimum absolute atomic E-state index is 0.00475. The third-order valence-corrected chi connectivity index (χ3v) is 6.96. The Morgan fingerprint density at radius 1 is 0.857 bits per heavy atom. The highest BCUT2D eigenvalue weighted by atomic mass is 32.2. The molecule has 3 N–H and O–H groups in total. The highest BCUT2D eigenvalue weighted by Crippen LogP contribution is 2.25. The molecule has 0 aromatic carbocycles. The Balaban J connectivity index is 2.65. The number of hydrogen-bond donors (Lipinski definition) is 3. The fraction of sp³-hybridized carbons (Fsp3) is 0.818. The summed E-state index contributed by atoms with van der Waals surface area (Å²) in [7, 11) is 0. The Labute approximate surface area is 215 Å². The Hall–Kier alpha value is -1.86. The van der Waals surface area contributed by atoms with Crippen LogP contribution in [0.25, 0.3) is 0 Å². The summed E-state index contributed by atoms with van der Waals surface area (Å²) in [5.74, 6) is 2.24. The molecule has 1 atom stereocenters. The maximum atomic E-state index is 13.0. The van der Waals surface area contributed by atoms with Gasteiger partial charge in [-0.2, -0.15) is 23.5 Å². The minimum atomic E-state index is -1.45. The lowest BCUT2D eigenvalue weighted by molar-refractivity contribution is -0.163. The first-order valence-electron chi connectivity index (χ1n) is 11.4. The molecule has 0 spiro atoms. The van der Waals surface area contributed by atoms with Crippen LogP contribution in [0.2, 0.25) is 0 Å². The van der Waals surface area contributed by atoms with Crippen molar-refractivity contribution >= 4 is 47.6 Å². The van der Waals surface area contributed by atoms with Crippen LogP contribution >= 0.6 is 23.5 Å². The molecule has 1 rings (SSSR count). The lowest BCUT2D eigenvalue weighted by Crippen LogP contribution is -2.44. The predicted molar refractivity (Wildman–Crippen MR) is 133 cm³/mol. The van der Waals surface area contributed by atoms with Gasteiger partial charge in [-0.25, -0.2) is 9.59 Å². The van der Waals surface area contributed by atoms with Gasteiger partial charge in [-0.05, 0) is 45.6 Å². The van der Waals surface area contributed by atoms with E-state index in [0.29, 0.717) is 11.5 Å². The number of aliphatic hydroxyl groups excluding tert-OH is 1. The molecule has 1 aliphatic rings. The largest absolute Gasteiger partial charge is 0.463 e. The second-order valence-corrected chi connectivity index (χ2v) is 11.5. The zero-order valence-electron chi connectivity index (χ0n) is 20.9. The fourth-order valence-electron chi connectivity index (χ4n) is 2.48.